The number of furan rings is 1. The molecule has 0 saturated carbocycles. The third kappa shape index (κ3) is 2.67. The van der Waals surface area contributed by atoms with E-state index in [9.17, 15) is 4.39 Å². The molecule has 0 bridgehead atoms. The van der Waals surface area contributed by atoms with Crippen molar-refractivity contribution in [1.82, 2.24) is 10.1 Å². The fraction of sp³-hybridized carbons (Fsp3) is 0.0769. The van der Waals surface area contributed by atoms with Crippen LogP contribution in [0.15, 0.2) is 50.4 Å². The molecule has 3 rings (SSSR count). The standard InChI is InChI=1S/C13H10FN3O2S/c14-9-6-8(15)3-4-11(9)20-7-12-16-13(17-19-12)10-2-1-5-18-10/h1-6H,7,15H2. The van der Waals surface area contributed by atoms with Crippen molar-refractivity contribution in [1.29, 1.82) is 0 Å². The molecule has 0 spiro atoms. The van der Waals surface area contributed by atoms with E-state index in [0.717, 1.165) is 0 Å². The van der Waals surface area contributed by atoms with Gasteiger partial charge in [0.15, 0.2) is 5.76 Å². The summed E-state index contributed by atoms with van der Waals surface area (Å²) in [5, 5.41) is 3.80. The quantitative estimate of drug-likeness (QED) is 0.586. The number of halogens is 1. The van der Waals surface area contributed by atoms with Crippen molar-refractivity contribution < 1.29 is 13.3 Å². The van der Waals surface area contributed by atoms with Gasteiger partial charge in [-0.25, -0.2) is 4.39 Å². The van der Waals surface area contributed by atoms with Gasteiger partial charge < -0.3 is 14.7 Å². The third-order valence-corrected chi connectivity index (χ3v) is 3.55. The predicted octanol–water partition coefficient (Wildman–Crippen LogP) is 3.34. The number of aromatic nitrogens is 2. The minimum atomic E-state index is -0.360. The van der Waals surface area contributed by atoms with Crippen molar-refractivity contribution in [3.05, 3.63) is 48.3 Å². The Morgan fingerprint density at radius 3 is 2.95 bits per heavy atom. The monoisotopic (exact) mass is 291 g/mol. The molecular weight excluding hydrogens is 281 g/mol. The van der Waals surface area contributed by atoms with Crippen molar-refractivity contribution in [2.45, 2.75) is 10.6 Å². The van der Waals surface area contributed by atoms with Crippen LogP contribution in [0.3, 0.4) is 0 Å². The lowest BCUT2D eigenvalue weighted by molar-refractivity contribution is 0.390. The Morgan fingerprint density at radius 1 is 1.30 bits per heavy atom. The first-order valence-corrected chi connectivity index (χ1v) is 6.75. The minimum absolute atomic E-state index is 0.360. The number of hydrogen-bond acceptors (Lipinski definition) is 6. The van der Waals surface area contributed by atoms with Gasteiger partial charge in [-0.2, -0.15) is 4.98 Å². The van der Waals surface area contributed by atoms with Crippen LogP contribution in [0.5, 0.6) is 0 Å². The molecule has 0 radical (unpaired) electrons. The van der Waals surface area contributed by atoms with Gasteiger partial charge in [0.05, 0.1) is 12.0 Å². The van der Waals surface area contributed by atoms with Gasteiger partial charge in [0.1, 0.15) is 5.82 Å². The Kier molecular flexibility index (Phi) is 3.42. The maximum atomic E-state index is 13.6. The number of benzene rings is 1. The molecular formula is C13H10FN3O2S. The Balaban J connectivity index is 1.70. The average Bonchev–Trinajstić information content (AvgIpc) is 3.08. The Bertz CT molecular complexity index is 712. The lowest BCUT2D eigenvalue weighted by Crippen LogP contribution is -1.89. The average molecular weight is 291 g/mol. The maximum absolute atomic E-state index is 13.6. The van der Waals surface area contributed by atoms with E-state index < -0.39 is 0 Å². The van der Waals surface area contributed by atoms with Crippen LogP contribution in [-0.2, 0) is 5.75 Å². The molecule has 0 aliphatic heterocycles. The highest BCUT2D eigenvalue weighted by Crippen LogP contribution is 2.27. The Hall–Kier alpha value is -2.28. The smallest absolute Gasteiger partial charge is 0.238 e. The highest BCUT2D eigenvalue weighted by Gasteiger charge is 2.12. The SMILES string of the molecule is Nc1ccc(SCc2nc(-c3ccco3)no2)c(F)c1. The molecule has 0 fully saturated rings. The molecule has 102 valence electrons. The third-order valence-electron chi connectivity index (χ3n) is 2.52. The molecule has 3 aromatic rings. The molecule has 0 aliphatic carbocycles. The topological polar surface area (TPSA) is 78.1 Å². The molecule has 0 atom stereocenters. The van der Waals surface area contributed by atoms with Gasteiger partial charge in [0, 0.05) is 10.6 Å². The number of nitrogen functional groups attached to an aromatic ring is 1. The molecule has 0 saturated heterocycles. The van der Waals surface area contributed by atoms with Gasteiger partial charge in [-0.05, 0) is 30.3 Å². The molecule has 2 aromatic heterocycles. The Morgan fingerprint density at radius 2 is 2.20 bits per heavy atom. The van der Waals surface area contributed by atoms with E-state index in [1.54, 1.807) is 24.3 Å². The van der Waals surface area contributed by atoms with E-state index in [2.05, 4.69) is 10.1 Å². The number of nitrogens with zero attached hydrogens (tertiary/aromatic N) is 2. The Labute approximate surface area is 118 Å². The summed E-state index contributed by atoms with van der Waals surface area (Å²) in [6.07, 6.45) is 1.53. The van der Waals surface area contributed by atoms with Gasteiger partial charge in [-0.3, -0.25) is 0 Å². The summed E-state index contributed by atoms with van der Waals surface area (Å²) in [5.41, 5.74) is 5.89. The van der Waals surface area contributed by atoms with Crippen molar-refractivity contribution in [2.24, 2.45) is 0 Å². The van der Waals surface area contributed by atoms with E-state index in [0.29, 0.717) is 33.8 Å². The number of anilines is 1. The van der Waals surface area contributed by atoms with Crippen molar-refractivity contribution >= 4 is 17.4 Å². The van der Waals surface area contributed by atoms with Crippen molar-refractivity contribution in [3.63, 3.8) is 0 Å². The fourth-order valence-electron chi connectivity index (χ4n) is 1.59. The largest absolute Gasteiger partial charge is 0.461 e. The van der Waals surface area contributed by atoms with Crippen LogP contribution in [-0.4, -0.2) is 10.1 Å². The van der Waals surface area contributed by atoms with E-state index >= 15 is 0 Å². The van der Waals surface area contributed by atoms with Gasteiger partial charge in [0.25, 0.3) is 0 Å². The molecule has 0 unspecified atom stereocenters. The number of hydrogen-bond donors (Lipinski definition) is 1. The molecule has 0 aliphatic rings. The highest BCUT2D eigenvalue weighted by atomic mass is 32.2. The molecule has 20 heavy (non-hydrogen) atoms. The second kappa shape index (κ2) is 5.38. The van der Waals surface area contributed by atoms with Gasteiger partial charge in [-0.15, -0.1) is 11.8 Å². The zero-order valence-corrected chi connectivity index (χ0v) is 11.1. The summed E-state index contributed by atoms with van der Waals surface area (Å²) in [4.78, 5) is 4.66. The predicted molar refractivity (Wildman–Crippen MR) is 72.4 cm³/mol. The van der Waals surface area contributed by atoms with Gasteiger partial charge in [0.2, 0.25) is 11.7 Å². The zero-order valence-electron chi connectivity index (χ0n) is 10.2. The van der Waals surface area contributed by atoms with Crippen LogP contribution in [0.25, 0.3) is 11.6 Å². The molecule has 7 heteroatoms. The first-order chi connectivity index (χ1) is 9.72. The van der Waals surface area contributed by atoms with Crippen LogP contribution in [0.1, 0.15) is 5.89 Å². The number of thioether (sulfide) groups is 1. The van der Waals surface area contributed by atoms with E-state index in [1.807, 2.05) is 0 Å². The summed E-state index contributed by atoms with van der Waals surface area (Å²) in [7, 11) is 0. The first kappa shape index (κ1) is 12.7. The highest BCUT2D eigenvalue weighted by molar-refractivity contribution is 7.98. The second-order valence-electron chi connectivity index (χ2n) is 3.97. The summed E-state index contributed by atoms with van der Waals surface area (Å²) in [6, 6.07) is 8.03. The number of nitrogens with two attached hydrogens (primary N) is 1. The second-order valence-corrected chi connectivity index (χ2v) is 4.98. The van der Waals surface area contributed by atoms with Gasteiger partial charge >= 0.3 is 0 Å². The van der Waals surface area contributed by atoms with Crippen molar-refractivity contribution in [3.8, 4) is 11.6 Å². The minimum Gasteiger partial charge on any atom is -0.461 e. The van der Waals surface area contributed by atoms with E-state index in [4.69, 9.17) is 14.7 Å². The first-order valence-electron chi connectivity index (χ1n) is 5.76. The van der Waals surface area contributed by atoms with Crippen LogP contribution in [0.2, 0.25) is 0 Å². The van der Waals surface area contributed by atoms with Gasteiger partial charge in [-0.1, -0.05) is 5.16 Å². The maximum Gasteiger partial charge on any atom is 0.238 e. The van der Waals surface area contributed by atoms with E-state index in [-0.39, 0.29) is 5.82 Å². The number of rotatable bonds is 4. The van der Waals surface area contributed by atoms with Crippen molar-refractivity contribution in [2.75, 3.05) is 5.73 Å². The lowest BCUT2D eigenvalue weighted by Gasteiger charge is -2.01. The summed E-state index contributed by atoms with van der Waals surface area (Å²) >= 11 is 1.26. The van der Waals surface area contributed by atoms with E-state index in [1.165, 1.54) is 24.1 Å². The summed E-state index contributed by atoms with van der Waals surface area (Å²) in [5.74, 6) is 1.32. The van der Waals surface area contributed by atoms with Crippen LogP contribution < -0.4 is 5.73 Å². The molecule has 1 aromatic carbocycles. The molecule has 5 nitrogen and oxygen atoms in total. The lowest BCUT2D eigenvalue weighted by atomic mass is 10.3. The normalized spacial score (nSPS) is 10.8. The molecule has 0 amide bonds. The molecule has 2 heterocycles. The van der Waals surface area contributed by atoms with Crippen LogP contribution >= 0.6 is 11.8 Å². The molecule has 2 N–H and O–H groups in total. The summed E-state index contributed by atoms with van der Waals surface area (Å²) < 4.78 is 23.8. The van der Waals surface area contributed by atoms with Crippen LogP contribution in [0.4, 0.5) is 10.1 Å². The fourth-order valence-corrected chi connectivity index (χ4v) is 2.35. The summed E-state index contributed by atoms with van der Waals surface area (Å²) in [6.45, 7) is 0. The van der Waals surface area contributed by atoms with Crippen LogP contribution in [0, 0.1) is 5.82 Å². The zero-order chi connectivity index (χ0) is 13.9.